The molecule has 3 aromatic rings. The van der Waals surface area contributed by atoms with Gasteiger partial charge in [0.1, 0.15) is 18.1 Å². The fourth-order valence-corrected chi connectivity index (χ4v) is 2.91. The Hall–Kier alpha value is -3.45. The predicted molar refractivity (Wildman–Crippen MR) is 117 cm³/mol. The highest BCUT2D eigenvalue weighted by molar-refractivity contribution is 7.98. The van der Waals surface area contributed by atoms with E-state index in [2.05, 4.69) is 10.9 Å². The zero-order chi connectivity index (χ0) is 21.2. The molecule has 0 saturated heterocycles. The van der Waals surface area contributed by atoms with Crippen molar-refractivity contribution in [1.82, 2.24) is 10.9 Å². The van der Waals surface area contributed by atoms with Crippen LogP contribution in [0.1, 0.15) is 15.9 Å². The van der Waals surface area contributed by atoms with Gasteiger partial charge in [-0.15, -0.1) is 11.8 Å². The van der Waals surface area contributed by atoms with Crippen molar-refractivity contribution in [1.29, 1.82) is 0 Å². The number of thioether (sulfide) groups is 1. The van der Waals surface area contributed by atoms with Crippen LogP contribution in [0.3, 0.4) is 0 Å². The van der Waals surface area contributed by atoms with Crippen LogP contribution in [0.2, 0.25) is 0 Å². The first-order valence-corrected chi connectivity index (χ1v) is 10.5. The Morgan fingerprint density at radius 2 is 1.43 bits per heavy atom. The van der Waals surface area contributed by atoms with Crippen LogP contribution in [0.4, 0.5) is 0 Å². The van der Waals surface area contributed by atoms with E-state index < -0.39 is 11.8 Å². The molecular formula is C23H22N2O4S. The van der Waals surface area contributed by atoms with Gasteiger partial charge in [0.2, 0.25) is 0 Å². The normalized spacial score (nSPS) is 10.2. The number of carbonyl (C=O) groups excluding carboxylic acids is 2. The molecule has 0 unspecified atom stereocenters. The molecule has 0 atom stereocenters. The summed E-state index contributed by atoms with van der Waals surface area (Å²) in [5, 5.41) is 0. The van der Waals surface area contributed by atoms with Crippen molar-refractivity contribution >= 4 is 23.6 Å². The summed E-state index contributed by atoms with van der Waals surface area (Å²) >= 11 is 1.59. The Morgan fingerprint density at radius 3 is 2.07 bits per heavy atom. The molecule has 0 heterocycles. The average Bonchev–Trinajstić information content (AvgIpc) is 2.81. The Labute approximate surface area is 179 Å². The maximum absolute atomic E-state index is 12.0. The molecule has 0 saturated carbocycles. The molecule has 0 aliphatic heterocycles. The number of carbonyl (C=O) groups is 2. The van der Waals surface area contributed by atoms with E-state index in [0.717, 1.165) is 10.5 Å². The molecule has 30 heavy (non-hydrogen) atoms. The second-order valence-corrected chi connectivity index (χ2v) is 7.14. The van der Waals surface area contributed by atoms with E-state index in [0.29, 0.717) is 23.7 Å². The molecule has 0 spiro atoms. The van der Waals surface area contributed by atoms with Crippen molar-refractivity contribution in [3.8, 4) is 11.5 Å². The molecule has 3 rings (SSSR count). The van der Waals surface area contributed by atoms with Crippen LogP contribution in [0.25, 0.3) is 0 Å². The van der Waals surface area contributed by atoms with Gasteiger partial charge >= 0.3 is 0 Å². The lowest BCUT2D eigenvalue weighted by atomic mass is 10.2. The molecule has 7 heteroatoms. The van der Waals surface area contributed by atoms with Gasteiger partial charge in [-0.3, -0.25) is 20.4 Å². The maximum atomic E-state index is 12.0. The molecule has 2 N–H and O–H groups in total. The quantitative estimate of drug-likeness (QED) is 0.426. The van der Waals surface area contributed by atoms with Crippen molar-refractivity contribution < 1.29 is 19.1 Å². The smallest absolute Gasteiger partial charge is 0.276 e. The molecule has 3 aromatic carbocycles. The lowest BCUT2D eigenvalue weighted by Crippen LogP contribution is -2.43. The van der Waals surface area contributed by atoms with Crippen LogP contribution in [0.5, 0.6) is 11.5 Å². The second-order valence-electron chi connectivity index (χ2n) is 6.27. The average molecular weight is 423 g/mol. The summed E-state index contributed by atoms with van der Waals surface area (Å²) in [5.41, 5.74) is 6.24. The number of benzene rings is 3. The van der Waals surface area contributed by atoms with Crippen molar-refractivity contribution in [3.63, 3.8) is 0 Å². The zero-order valence-corrected chi connectivity index (χ0v) is 17.3. The standard InChI is InChI=1S/C23H22N2O4S/c1-30-21-13-7-18(8-14-21)23(27)25-24-22(26)16-29-20-11-9-19(10-12-20)28-15-17-5-3-2-4-6-17/h2-14H,15-16H2,1H3,(H,24,26)(H,25,27). The summed E-state index contributed by atoms with van der Waals surface area (Å²) < 4.78 is 11.1. The lowest BCUT2D eigenvalue weighted by Gasteiger charge is -2.10. The number of rotatable bonds is 8. The first-order valence-electron chi connectivity index (χ1n) is 9.27. The van der Waals surface area contributed by atoms with E-state index in [4.69, 9.17) is 9.47 Å². The van der Waals surface area contributed by atoms with Crippen LogP contribution in [-0.4, -0.2) is 24.7 Å². The Bertz CT molecular complexity index is 961. The lowest BCUT2D eigenvalue weighted by molar-refractivity contribution is -0.123. The van der Waals surface area contributed by atoms with Gasteiger partial charge in [0.15, 0.2) is 6.61 Å². The SMILES string of the molecule is CSc1ccc(C(=O)NNC(=O)COc2ccc(OCc3ccccc3)cc2)cc1. The van der Waals surface area contributed by atoms with Crippen LogP contribution in [0, 0.1) is 0 Å². The Morgan fingerprint density at radius 1 is 0.800 bits per heavy atom. The Kier molecular flexibility index (Phi) is 7.74. The molecule has 0 fully saturated rings. The monoisotopic (exact) mass is 422 g/mol. The van der Waals surface area contributed by atoms with Crippen molar-refractivity contribution in [2.24, 2.45) is 0 Å². The summed E-state index contributed by atoms with van der Waals surface area (Å²) in [4.78, 5) is 25.0. The topological polar surface area (TPSA) is 76.7 Å². The first kappa shape index (κ1) is 21.3. The van der Waals surface area contributed by atoms with Crippen LogP contribution in [-0.2, 0) is 11.4 Å². The maximum Gasteiger partial charge on any atom is 0.276 e. The van der Waals surface area contributed by atoms with Crippen LogP contribution < -0.4 is 20.3 Å². The number of hydrazine groups is 1. The third-order valence-electron chi connectivity index (χ3n) is 4.11. The number of amides is 2. The molecule has 0 aliphatic rings. The molecule has 0 radical (unpaired) electrons. The van der Waals surface area contributed by atoms with Gasteiger partial charge in [0.05, 0.1) is 0 Å². The number of hydrogen-bond donors (Lipinski definition) is 2. The minimum absolute atomic E-state index is 0.226. The second kappa shape index (κ2) is 10.9. The molecule has 0 bridgehead atoms. The number of ether oxygens (including phenoxy) is 2. The molecule has 0 aromatic heterocycles. The van der Waals surface area contributed by atoms with Crippen LogP contribution >= 0.6 is 11.8 Å². The van der Waals surface area contributed by atoms with Gasteiger partial charge < -0.3 is 9.47 Å². The van der Waals surface area contributed by atoms with Crippen LogP contribution in [0.15, 0.2) is 83.8 Å². The van der Waals surface area contributed by atoms with E-state index in [-0.39, 0.29) is 6.61 Å². The van der Waals surface area contributed by atoms with Gasteiger partial charge in [0.25, 0.3) is 11.8 Å². The minimum atomic E-state index is -0.464. The van der Waals surface area contributed by atoms with Crippen molar-refractivity contribution in [3.05, 3.63) is 90.0 Å². The van der Waals surface area contributed by atoms with Gasteiger partial charge in [-0.1, -0.05) is 30.3 Å². The van der Waals surface area contributed by atoms with Gasteiger partial charge in [-0.25, -0.2) is 0 Å². The third-order valence-corrected chi connectivity index (χ3v) is 4.85. The van der Waals surface area contributed by atoms with Gasteiger partial charge in [0, 0.05) is 10.5 Å². The fraction of sp³-hybridized carbons (Fsp3) is 0.130. The summed E-state index contributed by atoms with van der Waals surface area (Å²) in [6.07, 6.45) is 1.96. The predicted octanol–water partition coefficient (Wildman–Crippen LogP) is 3.83. The van der Waals surface area contributed by atoms with Crippen molar-refractivity contribution in [2.75, 3.05) is 12.9 Å². The number of nitrogens with one attached hydrogen (secondary N) is 2. The highest BCUT2D eigenvalue weighted by atomic mass is 32.2. The summed E-state index contributed by atoms with van der Waals surface area (Å²) in [6.45, 7) is 0.249. The summed E-state index contributed by atoms with van der Waals surface area (Å²) in [5.74, 6) is 0.371. The zero-order valence-electron chi connectivity index (χ0n) is 16.5. The van der Waals surface area contributed by atoms with Gasteiger partial charge in [-0.2, -0.15) is 0 Å². The molecular weight excluding hydrogens is 400 g/mol. The van der Waals surface area contributed by atoms with E-state index in [1.807, 2.05) is 48.7 Å². The molecule has 154 valence electrons. The molecule has 0 aliphatic carbocycles. The third kappa shape index (κ3) is 6.56. The summed E-state index contributed by atoms with van der Waals surface area (Å²) in [6, 6.07) is 24.0. The molecule has 2 amide bonds. The molecule has 6 nitrogen and oxygen atoms in total. The first-order chi connectivity index (χ1) is 14.6. The van der Waals surface area contributed by atoms with Crippen molar-refractivity contribution in [2.45, 2.75) is 11.5 Å². The summed E-state index contributed by atoms with van der Waals surface area (Å²) in [7, 11) is 0. The van der Waals surface area contributed by atoms with E-state index in [1.165, 1.54) is 0 Å². The largest absolute Gasteiger partial charge is 0.489 e. The fourth-order valence-electron chi connectivity index (χ4n) is 2.50. The number of hydrogen-bond acceptors (Lipinski definition) is 5. The minimum Gasteiger partial charge on any atom is -0.489 e. The Balaban J connectivity index is 1.39. The van der Waals surface area contributed by atoms with E-state index >= 15 is 0 Å². The van der Waals surface area contributed by atoms with Gasteiger partial charge in [-0.05, 0) is 60.4 Å². The highest BCUT2D eigenvalue weighted by Crippen LogP contribution is 2.18. The van der Waals surface area contributed by atoms with E-state index in [9.17, 15) is 9.59 Å². The highest BCUT2D eigenvalue weighted by Gasteiger charge is 2.08. The van der Waals surface area contributed by atoms with E-state index in [1.54, 1.807) is 48.2 Å².